The summed E-state index contributed by atoms with van der Waals surface area (Å²) >= 11 is 5.86. The second kappa shape index (κ2) is 3.61. The lowest BCUT2D eigenvalue weighted by Crippen LogP contribution is -2.30. The van der Waals surface area contributed by atoms with Crippen molar-refractivity contribution in [3.63, 3.8) is 0 Å². The molecule has 0 heterocycles. The van der Waals surface area contributed by atoms with Crippen LogP contribution in [0.4, 0.5) is 0 Å². The third kappa shape index (κ3) is 2.46. The average molecular weight is 203 g/mol. The molecule has 0 saturated heterocycles. The minimum absolute atomic E-state index is 0.181. The van der Waals surface area contributed by atoms with Gasteiger partial charge in [0.25, 0.3) is 0 Å². The first-order valence-corrected chi connectivity index (χ1v) is 5.52. The summed E-state index contributed by atoms with van der Waals surface area (Å²) in [5.74, 6) is 0.826. The summed E-state index contributed by atoms with van der Waals surface area (Å²) in [7, 11) is 0. The van der Waals surface area contributed by atoms with E-state index in [1.165, 1.54) is 0 Å². The molecule has 1 nitrogen and oxygen atoms in total. The van der Waals surface area contributed by atoms with Gasteiger partial charge in [-0.2, -0.15) is 0 Å². The number of hydrogen-bond donors (Lipinski definition) is 0. The number of hydrogen-bond acceptors (Lipinski definition) is 1. The third-order valence-corrected chi connectivity index (χ3v) is 3.78. The van der Waals surface area contributed by atoms with Crippen molar-refractivity contribution in [1.82, 2.24) is 0 Å². The SMILES string of the molecule is CC1(C)CCCC(C)(CCl)C(=O)C1. The largest absolute Gasteiger partial charge is 0.299 e. The Balaban J connectivity index is 2.80. The van der Waals surface area contributed by atoms with Crippen molar-refractivity contribution in [2.24, 2.45) is 10.8 Å². The fraction of sp³-hybridized carbons (Fsp3) is 0.909. The normalized spacial score (nSPS) is 34.3. The minimum Gasteiger partial charge on any atom is -0.299 e. The maximum Gasteiger partial charge on any atom is 0.140 e. The molecule has 1 aliphatic carbocycles. The van der Waals surface area contributed by atoms with Gasteiger partial charge in [0.15, 0.2) is 0 Å². The molecule has 1 unspecified atom stereocenters. The summed E-state index contributed by atoms with van der Waals surface area (Å²) in [4.78, 5) is 11.9. The molecule has 0 amide bonds. The molecule has 2 heteroatoms. The van der Waals surface area contributed by atoms with Gasteiger partial charge in [-0.1, -0.05) is 27.2 Å². The van der Waals surface area contributed by atoms with Gasteiger partial charge in [-0.05, 0) is 18.3 Å². The van der Waals surface area contributed by atoms with Gasteiger partial charge in [-0.25, -0.2) is 0 Å². The van der Waals surface area contributed by atoms with Crippen molar-refractivity contribution in [1.29, 1.82) is 0 Å². The van der Waals surface area contributed by atoms with Crippen LogP contribution in [0.5, 0.6) is 0 Å². The molecular formula is C11H19ClO. The number of Topliss-reactive ketones (excluding diaryl/α,β-unsaturated/α-hetero) is 1. The molecule has 0 aromatic rings. The van der Waals surface area contributed by atoms with E-state index in [9.17, 15) is 4.79 Å². The predicted octanol–water partition coefficient (Wildman–Crippen LogP) is 3.40. The van der Waals surface area contributed by atoms with E-state index in [-0.39, 0.29) is 10.8 Å². The first-order valence-electron chi connectivity index (χ1n) is 4.99. The van der Waals surface area contributed by atoms with E-state index in [0.29, 0.717) is 18.1 Å². The van der Waals surface area contributed by atoms with Gasteiger partial charge in [-0.3, -0.25) is 4.79 Å². The van der Waals surface area contributed by atoms with E-state index in [1.54, 1.807) is 0 Å². The van der Waals surface area contributed by atoms with Crippen LogP contribution >= 0.6 is 11.6 Å². The molecule has 76 valence electrons. The van der Waals surface area contributed by atoms with Crippen LogP contribution in [0.3, 0.4) is 0 Å². The molecule has 0 radical (unpaired) electrons. The number of ketones is 1. The van der Waals surface area contributed by atoms with Gasteiger partial charge in [0.2, 0.25) is 0 Å². The molecule has 0 aromatic carbocycles. The topological polar surface area (TPSA) is 17.1 Å². The Kier molecular flexibility index (Phi) is 3.06. The van der Waals surface area contributed by atoms with Crippen LogP contribution < -0.4 is 0 Å². The molecule has 1 rings (SSSR count). The van der Waals surface area contributed by atoms with Gasteiger partial charge in [0.1, 0.15) is 5.78 Å². The van der Waals surface area contributed by atoms with E-state index in [1.807, 2.05) is 6.92 Å². The summed E-state index contributed by atoms with van der Waals surface area (Å²) in [5, 5.41) is 0. The summed E-state index contributed by atoms with van der Waals surface area (Å²) in [6.45, 7) is 6.35. The average Bonchev–Trinajstić information content (AvgIpc) is 2.10. The maximum atomic E-state index is 11.9. The maximum absolute atomic E-state index is 11.9. The van der Waals surface area contributed by atoms with Crippen LogP contribution in [-0.4, -0.2) is 11.7 Å². The Morgan fingerprint density at radius 1 is 1.31 bits per heavy atom. The summed E-state index contributed by atoms with van der Waals surface area (Å²) < 4.78 is 0. The fourth-order valence-corrected chi connectivity index (χ4v) is 2.26. The van der Waals surface area contributed by atoms with Crippen molar-refractivity contribution in [2.75, 3.05) is 5.88 Å². The zero-order valence-corrected chi connectivity index (χ0v) is 9.58. The van der Waals surface area contributed by atoms with E-state index in [4.69, 9.17) is 11.6 Å². The lowest BCUT2D eigenvalue weighted by Gasteiger charge is -2.25. The molecule has 1 saturated carbocycles. The van der Waals surface area contributed by atoms with Crippen LogP contribution in [0.1, 0.15) is 46.5 Å². The van der Waals surface area contributed by atoms with Gasteiger partial charge >= 0.3 is 0 Å². The summed E-state index contributed by atoms with van der Waals surface area (Å²) in [6.07, 6.45) is 3.92. The van der Waals surface area contributed by atoms with E-state index in [2.05, 4.69) is 13.8 Å². The third-order valence-electron chi connectivity index (χ3n) is 3.19. The standard InChI is InChI=1S/C11H19ClO/c1-10(2)5-4-6-11(3,8-12)9(13)7-10/h4-8H2,1-3H3. The number of carbonyl (C=O) groups excluding carboxylic acids is 1. The van der Waals surface area contributed by atoms with Crippen LogP contribution in [0.25, 0.3) is 0 Å². The molecule has 0 aliphatic heterocycles. The van der Waals surface area contributed by atoms with E-state index in [0.717, 1.165) is 19.3 Å². The summed E-state index contributed by atoms with van der Waals surface area (Å²) in [6, 6.07) is 0. The van der Waals surface area contributed by atoms with Crippen molar-refractivity contribution in [3.05, 3.63) is 0 Å². The van der Waals surface area contributed by atoms with Crippen molar-refractivity contribution in [2.45, 2.75) is 46.5 Å². The Labute approximate surface area is 85.8 Å². The zero-order chi connectivity index (χ0) is 10.1. The highest BCUT2D eigenvalue weighted by atomic mass is 35.5. The van der Waals surface area contributed by atoms with Gasteiger partial charge in [-0.15, -0.1) is 11.6 Å². The predicted molar refractivity (Wildman–Crippen MR) is 56.1 cm³/mol. The van der Waals surface area contributed by atoms with Crippen LogP contribution in [-0.2, 0) is 4.79 Å². The highest BCUT2D eigenvalue weighted by molar-refractivity contribution is 6.20. The van der Waals surface area contributed by atoms with E-state index < -0.39 is 0 Å². The second-order valence-electron chi connectivity index (χ2n) is 5.31. The molecular weight excluding hydrogens is 184 g/mol. The molecule has 1 atom stereocenters. The first kappa shape index (κ1) is 11.0. The van der Waals surface area contributed by atoms with Crippen molar-refractivity contribution in [3.8, 4) is 0 Å². The molecule has 13 heavy (non-hydrogen) atoms. The zero-order valence-electron chi connectivity index (χ0n) is 8.82. The quantitative estimate of drug-likeness (QED) is 0.471. The van der Waals surface area contributed by atoms with Gasteiger partial charge in [0.05, 0.1) is 0 Å². The lowest BCUT2D eigenvalue weighted by molar-refractivity contribution is -0.128. The second-order valence-corrected chi connectivity index (χ2v) is 5.58. The summed E-state index contributed by atoms with van der Waals surface area (Å²) in [5.41, 5.74) is -0.0732. The highest BCUT2D eigenvalue weighted by Gasteiger charge is 2.38. The van der Waals surface area contributed by atoms with Crippen molar-refractivity contribution >= 4 is 17.4 Å². The highest BCUT2D eigenvalue weighted by Crippen LogP contribution is 2.40. The Morgan fingerprint density at radius 2 is 1.92 bits per heavy atom. The van der Waals surface area contributed by atoms with Gasteiger partial charge < -0.3 is 0 Å². The van der Waals surface area contributed by atoms with Crippen LogP contribution in [0.15, 0.2) is 0 Å². The molecule has 0 aromatic heterocycles. The molecule has 0 spiro atoms. The number of carbonyl (C=O) groups is 1. The van der Waals surface area contributed by atoms with E-state index >= 15 is 0 Å². The monoisotopic (exact) mass is 202 g/mol. The molecule has 0 bridgehead atoms. The smallest absolute Gasteiger partial charge is 0.140 e. The Hall–Kier alpha value is -0.0400. The Bertz CT molecular complexity index is 210. The lowest BCUT2D eigenvalue weighted by atomic mass is 9.80. The molecule has 1 fully saturated rings. The fourth-order valence-electron chi connectivity index (χ4n) is 1.97. The minimum atomic E-state index is -0.255. The molecule has 0 N–H and O–H groups in total. The van der Waals surface area contributed by atoms with Crippen LogP contribution in [0.2, 0.25) is 0 Å². The number of alkyl halides is 1. The first-order chi connectivity index (χ1) is 5.90. The van der Waals surface area contributed by atoms with Crippen LogP contribution in [0, 0.1) is 10.8 Å². The number of halogens is 1. The molecule has 1 aliphatic rings. The number of rotatable bonds is 1. The van der Waals surface area contributed by atoms with Crippen molar-refractivity contribution < 1.29 is 4.79 Å². The van der Waals surface area contributed by atoms with Gasteiger partial charge in [0, 0.05) is 17.7 Å². The Morgan fingerprint density at radius 3 is 2.46 bits per heavy atom.